The first-order valence-electron chi connectivity index (χ1n) is 5.73. The van der Waals surface area contributed by atoms with Gasteiger partial charge in [0.1, 0.15) is 0 Å². The number of hydrogen-bond acceptors (Lipinski definition) is 3. The van der Waals surface area contributed by atoms with Gasteiger partial charge in [-0.1, -0.05) is 13.3 Å². The SMILES string of the molecule is CCCC(CSCC1CCCO1)NC. The Morgan fingerprint density at radius 2 is 2.43 bits per heavy atom. The van der Waals surface area contributed by atoms with Crippen molar-refractivity contribution in [2.45, 2.75) is 44.8 Å². The maximum atomic E-state index is 5.59. The number of thioether (sulfide) groups is 1. The Morgan fingerprint density at radius 1 is 1.57 bits per heavy atom. The fourth-order valence-corrected chi connectivity index (χ4v) is 3.06. The molecule has 1 heterocycles. The highest BCUT2D eigenvalue weighted by atomic mass is 32.2. The molecular formula is C11H23NOS. The monoisotopic (exact) mass is 217 g/mol. The molecule has 2 unspecified atom stereocenters. The summed E-state index contributed by atoms with van der Waals surface area (Å²) in [6.07, 6.45) is 5.63. The molecule has 3 heteroatoms. The molecule has 0 aromatic heterocycles. The summed E-state index contributed by atoms with van der Waals surface area (Å²) in [6, 6.07) is 0.686. The van der Waals surface area contributed by atoms with E-state index in [1.807, 2.05) is 11.8 Å². The lowest BCUT2D eigenvalue weighted by Crippen LogP contribution is -2.28. The maximum Gasteiger partial charge on any atom is 0.0666 e. The standard InChI is InChI=1S/C11H23NOS/c1-3-5-10(12-2)8-14-9-11-6-4-7-13-11/h10-12H,3-9H2,1-2H3. The minimum Gasteiger partial charge on any atom is -0.377 e. The lowest BCUT2D eigenvalue weighted by atomic mass is 10.2. The Balaban J connectivity index is 2.00. The number of hydrogen-bond donors (Lipinski definition) is 1. The van der Waals surface area contributed by atoms with E-state index < -0.39 is 0 Å². The number of ether oxygens (including phenoxy) is 1. The molecule has 0 amide bonds. The summed E-state index contributed by atoms with van der Waals surface area (Å²) in [5.41, 5.74) is 0. The van der Waals surface area contributed by atoms with Crippen LogP contribution in [0.25, 0.3) is 0 Å². The van der Waals surface area contributed by atoms with Crippen LogP contribution in [0.5, 0.6) is 0 Å². The predicted molar refractivity (Wildman–Crippen MR) is 64.1 cm³/mol. The second kappa shape index (κ2) is 7.55. The van der Waals surface area contributed by atoms with Gasteiger partial charge >= 0.3 is 0 Å². The van der Waals surface area contributed by atoms with Crippen molar-refractivity contribution in [3.63, 3.8) is 0 Å². The van der Waals surface area contributed by atoms with E-state index in [0.717, 1.165) is 6.61 Å². The molecule has 0 radical (unpaired) electrons. The molecule has 0 aliphatic carbocycles. The largest absolute Gasteiger partial charge is 0.377 e. The van der Waals surface area contributed by atoms with E-state index in [4.69, 9.17) is 4.74 Å². The van der Waals surface area contributed by atoms with Gasteiger partial charge in [-0.2, -0.15) is 11.8 Å². The van der Waals surface area contributed by atoms with Gasteiger partial charge in [0.15, 0.2) is 0 Å². The summed E-state index contributed by atoms with van der Waals surface area (Å²) in [4.78, 5) is 0. The van der Waals surface area contributed by atoms with E-state index >= 15 is 0 Å². The summed E-state index contributed by atoms with van der Waals surface area (Å²) < 4.78 is 5.59. The van der Waals surface area contributed by atoms with Crippen LogP contribution in [0.2, 0.25) is 0 Å². The Labute approximate surface area is 92.2 Å². The third-order valence-electron chi connectivity index (χ3n) is 2.69. The summed E-state index contributed by atoms with van der Waals surface area (Å²) in [5.74, 6) is 2.41. The topological polar surface area (TPSA) is 21.3 Å². The Bertz CT molecular complexity index is 137. The first kappa shape index (κ1) is 12.3. The Kier molecular flexibility index (Phi) is 6.65. The molecular weight excluding hydrogens is 194 g/mol. The lowest BCUT2D eigenvalue weighted by Gasteiger charge is -2.16. The Hall–Kier alpha value is 0.270. The van der Waals surface area contributed by atoms with Crippen LogP contribution in [0.4, 0.5) is 0 Å². The van der Waals surface area contributed by atoms with Crippen LogP contribution in [-0.2, 0) is 4.74 Å². The molecule has 0 aromatic rings. The van der Waals surface area contributed by atoms with Crippen molar-refractivity contribution in [3.8, 4) is 0 Å². The van der Waals surface area contributed by atoms with Crippen LogP contribution in [0.3, 0.4) is 0 Å². The van der Waals surface area contributed by atoms with Gasteiger partial charge in [-0.05, 0) is 26.3 Å². The summed E-state index contributed by atoms with van der Waals surface area (Å²) in [7, 11) is 2.06. The first-order valence-corrected chi connectivity index (χ1v) is 6.89. The molecule has 14 heavy (non-hydrogen) atoms. The van der Waals surface area contributed by atoms with Crippen LogP contribution >= 0.6 is 11.8 Å². The molecule has 1 aliphatic rings. The number of nitrogens with one attached hydrogen (secondary N) is 1. The Morgan fingerprint density at radius 3 is 3.00 bits per heavy atom. The third kappa shape index (κ3) is 4.67. The molecule has 1 fully saturated rings. The van der Waals surface area contributed by atoms with Crippen LogP contribution in [0.1, 0.15) is 32.6 Å². The molecule has 1 saturated heterocycles. The highest BCUT2D eigenvalue weighted by molar-refractivity contribution is 7.99. The van der Waals surface area contributed by atoms with E-state index in [-0.39, 0.29) is 0 Å². The van der Waals surface area contributed by atoms with Crippen molar-refractivity contribution in [3.05, 3.63) is 0 Å². The van der Waals surface area contributed by atoms with Crippen molar-refractivity contribution >= 4 is 11.8 Å². The van der Waals surface area contributed by atoms with Crippen LogP contribution < -0.4 is 5.32 Å². The zero-order valence-corrected chi connectivity index (χ0v) is 10.2. The fourth-order valence-electron chi connectivity index (χ4n) is 1.78. The predicted octanol–water partition coefficient (Wildman–Crippen LogP) is 2.29. The molecule has 0 aromatic carbocycles. The van der Waals surface area contributed by atoms with E-state index in [1.165, 1.54) is 37.2 Å². The minimum absolute atomic E-state index is 0.541. The van der Waals surface area contributed by atoms with Crippen molar-refractivity contribution < 1.29 is 4.74 Å². The van der Waals surface area contributed by atoms with Gasteiger partial charge in [-0.15, -0.1) is 0 Å². The quantitative estimate of drug-likeness (QED) is 0.707. The number of rotatable bonds is 7. The highest BCUT2D eigenvalue weighted by Gasteiger charge is 2.15. The lowest BCUT2D eigenvalue weighted by molar-refractivity contribution is 0.129. The van der Waals surface area contributed by atoms with E-state index in [2.05, 4.69) is 19.3 Å². The summed E-state index contributed by atoms with van der Waals surface area (Å²) in [5, 5.41) is 3.37. The first-order chi connectivity index (χ1) is 6.86. The average Bonchev–Trinajstić information content (AvgIpc) is 2.69. The van der Waals surface area contributed by atoms with Crippen LogP contribution in [0, 0.1) is 0 Å². The second-order valence-corrected chi connectivity index (χ2v) is 5.02. The van der Waals surface area contributed by atoms with E-state index in [0.29, 0.717) is 12.1 Å². The van der Waals surface area contributed by atoms with Gasteiger partial charge in [-0.3, -0.25) is 0 Å². The molecule has 1 aliphatic heterocycles. The van der Waals surface area contributed by atoms with Crippen molar-refractivity contribution in [2.24, 2.45) is 0 Å². The van der Waals surface area contributed by atoms with Gasteiger partial charge < -0.3 is 10.1 Å². The molecule has 0 spiro atoms. The second-order valence-electron chi connectivity index (χ2n) is 3.95. The molecule has 2 atom stereocenters. The smallest absolute Gasteiger partial charge is 0.0666 e. The summed E-state index contributed by atoms with van der Waals surface area (Å²) >= 11 is 2.04. The van der Waals surface area contributed by atoms with Gasteiger partial charge in [-0.25, -0.2) is 0 Å². The van der Waals surface area contributed by atoms with Crippen molar-refractivity contribution in [2.75, 3.05) is 25.2 Å². The van der Waals surface area contributed by atoms with Crippen LogP contribution in [-0.4, -0.2) is 37.3 Å². The zero-order valence-electron chi connectivity index (χ0n) is 9.42. The maximum absolute atomic E-state index is 5.59. The molecule has 1 N–H and O–H groups in total. The van der Waals surface area contributed by atoms with Gasteiger partial charge in [0.05, 0.1) is 6.10 Å². The third-order valence-corrected chi connectivity index (χ3v) is 3.94. The van der Waals surface area contributed by atoms with E-state index in [9.17, 15) is 0 Å². The highest BCUT2D eigenvalue weighted by Crippen LogP contribution is 2.18. The van der Waals surface area contributed by atoms with Gasteiger partial charge in [0.25, 0.3) is 0 Å². The average molecular weight is 217 g/mol. The van der Waals surface area contributed by atoms with Crippen molar-refractivity contribution in [1.29, 1.82) is 0 Å². The van der Waals surface area contributed by atoms with Gasteiger partial charge in [0.2, 0.25) is 0 Å². The van der Waals surface area contributed by atoms with Gasteiger partial charge in [0, 0.05) is 24.2 Å². The minimum atomic E-state index is 0.541. The zero-order chi connectivity index (χ0) is 10.2. The molecule has 0 bridgehead atoms. The van der Waals surface area contributed by atoms with Crippen molar-refractivity contribution in [1.82, 2.24) is 5.32 Å². The molecule has 1 rings (SSSR count). The van der Waals surface area contributed by atoms with E-state index in [1.54, 1.807) is 0 Å². The van der Waals surface area contributed by atoms with Crippen LogP contribution in [0.15, 0.2) is 0 Å². The molecule has 0 saturated carbocycles. The molecule has 2 nitrogen and oxygen atoms in total. The summed E-state index contributed by atoms with van der Waals surface area (Å²) in [6.45, 7) is 3.23. The fraction of sp³-hybridized carbons (Fsp3) is 1.00. The molecule has 84 valence electrons. The normalized spacial score (nSPS) is 24.0.